The molecule has 0 atom stereocenters. The van der Waals surface area contributed by atoms with Crippen LogP contribution in [0.3, 0.4) is 0 Å². The summed E-state index contributed by atoms with van der Waals surface area (Å²) in [4.78, 5) is 4.12. The van der Waals surface area contributed by atoms with Gasteiger partial charge in [0.15, 0.2) is 11.0 Å². The van der Waals surface area contributed by atoms with Gasteiger partial charge in [-0.15, -0.1) is 0 Å². The molecule has 0 amide bonds. The molecule has 1 aromatic heterocycles. The molecule has 2 aromatic carbocycles. The Labute approximate surface area is 278 Å². The molecule has 2 heterocycles. The quantitative estimate of drug-likeness (QED) is 0.188. The van der Waals surface area contributed by atoms with Crippen LogP contribution < -0.4 is 43.9 Å². The van der Waals surface area contributed by atoms with Gasteiger partial charge >= 0.3 is 29.6 Å². The number of hydrogen-bond acceptors (Lipinski definition) is 5. The third-order valence-electron chi connectivity index (χ3n) is 6.60. The maximum absolute atomic E-state index is 11.3. The second-order valence-corrected chi connectivity index (χ2v) is 12.5. The van der Waals surface area contributed by atoms with E-state index in [9.17, 15) is 13.0 Å². The molecule has 0 N–H and O–H groups in total. The third-order valence-corrected chi connectivity index (χ3v) is 8.84. The number of allylic oxidation sites excluding steroid dienone is 2. The molecule has 1 aliphatic rings. The molecule has 3 aromatic rings. The van der Waals surface area contributed by atoms with Crippen molar-refractivity contribution in [1.82, 2.24) is 4.57 Å². The van der Waals surface area contributed by atoms with Crippen LogP contribution in [0.4, 0.5) is 11.4 Å². The second kappa shape index (κ2) is 14.0. The fourth-order valence-electron chi connectivity index (χ4n) is 4.94. The van der Waals surface area contributed by atoms with Crippen molar-refractivity contribution in [2.45, 2.75) is 39.7 Å². The van der Waals surface area contributed by atoms with Crippen LogP contribution in [0.5, 0.6) is 0 Å². The molecule has 0 spiro atoms. The van der Waals surface area contributed by atoms with E-state index in [-0.39, 0.29) is 36.0 Å². The van der Waals surface area contributed by atoms with E-state index < -0.39 is 15.9 Å². The molecule has 7 nitrogen and oxygen atoms in total. The molecule has 0 bridgehead atoms. The largest absolute Gasteiger partial charge is 1.00 e. The SMILES string of the molecule is CCCN1/C(=C\C=C\c2n(CCC)c3cc(Cl)c(Cl)cc3[n+]2C)N(CCCS(=O)(=O)[O-])c2cc(Cl)c(Cl)cc21.[Na+]. The smallest absolute Gasteiger partial charge is 0.748 e. The van der Waals surface area contributed by atoms with Gasteiger partial charge in [0.25, 0.3) is 5.82 Å². The van der Waals surface area contributed by atoms with E-state index in [1.54, 1.807) is 6.07 Å². The van der Waals surface area contributed by atoms with Crippen molar-refractivity contribution in [1.29, 1.82) is 0 Å². The van der Waals surface area contributed by atoms with Gasteiger partial charge in [-0.2, -0.15) is 0 Å². The Balaban J connectivity index is 0.00000441. The van der Waals surface area contributed by atoms with Crippen LogP contribution in [0.15, 0.2) is 42.2 Å². The monoisotopic (exact) mass is 653 g/mol. The van der Waals surface area contributed by atoms with Gasteiger partial charge in [-0.3, -0.25) is 0 Å². The Bertz CT molecular complexity index is 1570. The third kappa shape index (κ3) is 7.16. The van der Waals surface area contributed by atoms with Gasteiger partial charge < -0.3 is 14.4 Å². The van der Waals surface area contributed by atoms with E-state index in [0.29, 0.717) is 33.2 Å². The van der Waals surface area contributed by atoms with E-state index in [2.05, 4.69) is 27.9 Å². The first-order chi connectivity index (χ1) is 18.5. The minimum absolute atomic E-state index is 0. The fraction of sp³-hybridized carbons (Fsp3) is 0.370. The first-order valence-corrected chi connectivity index (χ1v) is 15.8. The van der Waals surface area contributed by atoms with Crippen molar-refractivity contribution >= 4 is 85.0 Å². The average Bonchev–Trinajstić information content (AvgIpc) is 3.26. The van der Waals surface area contributed by atoms with Crippen LogP contribution in [-0.2, 0) is 23.7 Å². The van der Waals surface area contributed by atoms with Crippen molar-refractivity contribution in [2.75, 3.05) is 28.6 Å². The molecule has 0 saturated carbocycles. The Kier molecular flexibility index (Phi) is 11.8. The zero-order valence-electron chi connectivity index (χ0n) is 22.9. The van der Waals surface area contributed by atoms with Gasteiger partial charge in [-0.25, -0.2) is 17.6 Å². The molecule has 1 aliphatic heterocycles. The van der Waals surface area contributed by atoms with E-state index in [4.69, 9.17) is 46.4 Å². The van der Waals surface area contributed by atoms with Crippen molar-refractivity contribution in [3.8, 4) is 0 Å². The van der Waals surface area contributed by atoms with Crippen LogP contribution >= 0.6 is 46.4 Å². The van der Waals surface area contributed by atoms with Gasteiger partial charge in [-0.05, 0) is 37.5 Å². The number of hydrogen-bond donors (Lipinski definition) is 0. The molecule has 13 heteroatoms. The Morgan fingerprint density at radius 2 is 1.43 bits per heavy atom. The number of nitrogens with zero attached hydrogens (tertiary/aromatic N) is 4. The van der Waals surface area contributed by atoms with E-state index >= 15 is 0 Å². The van der Waals surface area contributed by atoms with Gasteiger partial charge in [0.1, 0.15) is 5.82 Å². The molecule has 0 saturated heterocycles. The summed E-state index contributed by atoms with van der Waals surface area (Å²) >= 11 is 25.4. The number of halogens is 4. The Morgan fingerprint density at radius 3 is 2.00 bits per heavy atom. The van der Waals surface area contributed by atoms with E-state index in [1.165, 1.54) is 0 Å². The molecule has 0 radical (unpaired) electrons. The number of aromatic nitrogens is 2. The molecule has 0 unspecified atom stereocenters. The fourth-order valence-corrected chi connectivity index (χ4v) is 6.06. The van der Waals surface area contributed by atoms with Crippen LogP contribution in [0.1, 0.15) is 38.9 Å². The zero-order valence-corrected chi connectivity index (χ0v) is 28.8. The average molecular weight is 655 g/mol. The van der Waals surface area contributed by atoms with Crippen molar-refractivity contribution in [2.24, 2.45) is 7.05 Å². The standard InChI is InChI=1S/C27H30Cl4N4O3S.Na/c1-4-10-33-23-15-19(29)18(28)14-22(23)32(3)26(33)8-6-9-27-34(11-5-2)24-16-20(30)21(31)17-25(24)35(27)12-7-13-39(36,37)38;/h6,8-9,14-17H,4-5,7,10-13H2,1-3H3;/q;+1. The summed E-state index contributed by atoms with van der Waals surface area (Å²) in [6.45, 7) is 6.03. The first kappa shape index (κ1) is 33.6. The number of fused-ring (bicyclic) bond motifs is 2. The van der Waals surface area contributed by atoms with Crippen LogP contribution in [0.2, 0.25) is 20.1 Å². The van der Waals surface area contributed by atoms with Crippen LogP contribution in [0.25, 0.3) is 17.1 Å². The molecule has 210 valence electrons. The van der Waals surface area contributed by atoms with E-state index in [0.717, 1.165) is 53.4 Å². The molecule has 0 aliphatic carbocycles. The maximum atomic E-state index is 11.3. The summed E-state index contributed by atoms with van der Waals surface area (Å²) in [7, 11) is -2.35. The molecule has 4 rings (SSSR count). The minimum Gasteiger partial charge on any atom is -0.748 e. The number of benzene rings is 2. The summed E-state index contributed by atoms with van der Waals surface area (Å²) in [6, 6.07) is 7.37. The van der Waals surface area contributed by atoms with Gasteiger partial charge in [0, 0.05) is 37.1 Å². The van der Waals surface area contributed by atoms with Gasteiger partial charge in [0.2, 0.25) is 0 Å². The number of rotatable bonds is 10. The molecular formula is C27H30Cl4N4NaO3S+. The first-order valence-electron chi connectivity index (χ1n) is 12.7. The number of anilines is 2. The van der Waals surface area contributed by atoms with E-state index in [1.807, 2.05) is 48.4 Å². The van der Waals surface area contributed by atoms with Crippen LogP contribution in [-0.4, -0.2) is 36.4 Å². The molecular weight excluding hydrogens is 625 g/mol. The Hall–Kier alpha value is -0.940. The van der Waals surface area contributed by atoms with Gasteiger partial charge in [-0.1, -0.05) is 66.3 Å². The zero-order chi connectivity index (χ0) is 28.5. The minimum atomic E-state index is -4.33. The predicted molar refractivity (Wildman–Crippen MR) is 161 cm³/mol. The summed E-state index contributed by atoms with van der Waals surface area (Å²) in [6.07, 6.45) is 7.95. The summed E-state index contributed by atoms with van der Waals surface area (Å²) in [5.74, 6) is 1.36. The molecule has 40 heavy (non-hydrogen) atoms. The van der Waals surface area contributed by atoms with Crippen LogP contribution in [0, 0.1) is 0 Å². The number of imidazole rings is 1. The molecule has 0 fully saturated rings. The Morgan fingerprint density at radius 1 is 0.875 bits per heavy atom. The maximum Gasteiger partial charge on any atom is 1.00 e. The van der Waals surface area contributed by atoms with Gasteiger partial charge in [0.05, 0.1) is 55.2 Å². The summed E-state index contributed by atoms with van der Waals surface area (Å²) < 4.78 is 38.1. The normalized spacial score (nSPS) is 14.6. The second-order valence-electron chi connectivity index (χ2n) is 9.38. The topological polar surface area (TPSA) is 72.5 Å². The number of aryl methyl sites for hydroxylation is 2. The predicted octanol–water partition coefficient (Wildman–Crippen LogP) is 4.02. The van der Waals surface area contributed by atoms with Crippen molar-refractivity contribution in [3.05, 3.63) is 68.2 Å². The van der Waals surface area contributed by atoms with Crippen molar-refractivity contribution < 1.29 is 47.1 Å². The van der Waals surface area contributed by atoms with Crippen molar-refractivity contribution in [3.63, 3.8) is 0 Å². The summed E-state index contributed by atoms with van der Waals surface area (Å²) in [5.41, 5.74) is 3.66. The summed E-state index contributed by atoms with van der Waals surface area (Å²) in [5, 5.41) is 1.84.